The van der Waals surface area contributed by atoms with Gasteiger partial charge in [0.1, 0.15) is 23.4 Å². The van der Waals surface area contributed by atoms with Crippen LogP contribution in [0.2, 0.25) is 0 Å². The Labute approximate surface area is 200 Å². The number of nitrogens with one attached hydrogen (secondary N) is 2. The number of nitrogens with zero attached hydrogens (tertiary/aromatic N) is 3. The topological polar surface area (TPSA) is 72.7 Å². The van der Waals surface area contributed by atoms with Crippen molar-refractivity contribution in [3.05, 3.63) is 53.3 Å². The lowest BCUT2D eigenvalue weighted by molar-refractivity contribution is 0.254. The molecule has 31 heavy (non-hydrogen) atoms. The Balaban J connectivity index is 0.00000272. The van der Waals surface area contributed by atoms with Crippen molar-refractivity contribution in [2.45, 2.75) is 39.5 Å². The van der Waals surface area contributed by atoms with Gasteiger partial charge >= 0.3 is 0 Å². The first-order chi connectivity index (χ1) is 14.6. The van der Waals surface area contributed by atoms with Crippen LogP contribution in [0.1, 0.15) is 30.8 Å². The molecule has 0 aliphatic carbocycles. The van der Waals surface area contributed by atoms with E-state index < -0.39 is 0 Å². The van der Waals surface area contributed by atoms with Gasteiger partial charge in [-0.15, -0.1) is 24.0 Å². The summed E-state index contributed by atoms with van der Waals surface area (Å²) < 4.78 is 13.9. The van der Waals surface area contributed by atoms with Gasteiger partial charge in [-0.05, 0) is 38.1 Å². The summed E-state index contributed by atoms with van der Waals surface area (Å²) in [5.41, 5.74) is 4.37. The number of hydrogen-bond acceptors (Lipinski definition) is 4. The van der Waals surface area contributed by atoms with E-state index >= 15 is 0 Å². The molecule has 166 valence electrons. The molecule has 0 fully saturated rings. The lowest BCUT2D eigenvalue weighted by atomic mass is 10.1. The molecule has 0 amide bonds. The van der Waals surface area contributed by atoms with Crippen molar-refractivity contribution in [3.63, 3.8) is 0 Å². The predicted octanol–water partition coefficient (Wildman–Crippen LogP) is 3.78. The van der Waals surface area contributed by atoms with Crippen molar-refractivity contribution in [2.75, 3.05) is 13.7 Å². The highest BCUT2D eigenvalue weighted by Gasteiger charge is 2.22. The van der Waals surface area contributed by atoms with Crippen molar-refractivity contribution in [1.82, 2.24) is 20.2 Å². The molecule has 1 unspecified atom stereocenters. The van der Waals surface area contributed by atoms with E-state index in [0.29, 0.717) is 25.7 Å². The summed E-state index contributed by atoms with van der Waals surface area (Å²) in [6.07, 6.45) is 1.13. The monoisotopic (exact) mass is 535 g/mol. The average molecular weight is 535 g/mol. The van der Waals surface area contributed by atoms with Crippen LogP contribution in [0.4, 0.5) is 0 Å². The van der Waals surface area contributed by atoms with Gasteiger partial charge in [0.25, 0.3) is 0 Å². The van der Waals surface area contributed by atoms with Gasteiger partial charge < -0.3 is 24.7 Å². The quantitative estimate of drug-likeness (QED) is 0.286. The predicted molar refractivity (Wildman–Crippen MR) is 135 cm³/mol. The fourth-order valence-electron chi connectivity index (χ4n) is 3.83. The fraction of sp³-hybridized carbons (Fsp3) is 0.391. The smallest absolute Gasteiger partial charge is 0.191 e. The molecule has 0 bridgehead atoms. The van der Waals surface area contributed by atoms with Crippen LogP contribution < -0.4 is 20.1 Å². The number of guanidine groups is 1. The molecule has 3 aromatic rings. The summed E-state index contributed by atoms with van der Waals surface area (Å²) >= 11 is 0. The molecular weight excluding hydrogens is 505 g/mol. The summed E-state index contributed by atoms with van der Waals surface area (Å²) in [5, 5.41) is 6.73. The molecule has 2 N–H and O–H groups in total. The molecule has 0 saturated carbocycles. The van der Waals surface area contributed by atoms with Gasteiger partial charge in [0, 0.05) is 38.2 Å². The number of aliphatic imine (C=N–C) groups is 1. The highest BCUT2D eigenvalue weighted by molar-refractivity contribution is 14.0. The van der Waals surface area contributed by atoms with E-state index in [1.807, 2.05) is 32.2 Å². The van der Waals surface area contributed by atoms with Crippen LogP contribution >= 0.6 is 24.0 Å². The zero-order valence-corrected chi connectivity index (χ0v) is 20.8. The second-order valence-corrected chi connectivity index (χ2v) is 7.49. The van der Waals surface area contributed by atoms with E-state index in [-0.39, 0.29) is 30.1 Å². The third-order valence-electron chi connectivity index (χ3n) is 5.34. The van der Waals surface area contributed by atoms with Crippen LogP contribution in [-0.2, 0) is 26.6 Å². The molecule has 0 saturated heterocycles. The number of hydrogen-bond donors (Lipinski definition) is 2. The zero-order valence-electron chi connectivity index (χ0n) is 18.4. The van der Waals surface area contributed by atoms with Crippen molar-refractivity contribution >= 4 is 41.0 Å². The van der Waals surface area contributed by atoms with E-state index in [1.54, 1.807) is 7.05 Å². The lowest BCUT2D eigenvalue weighted by Gasteiger charge is -2.15. The van der Waals surface area contributed by atoms with Crippen LogP contribution in [0.3, 0.4) is 0 Å². The van der Waals surface area contributed by atoms with E-state index in [0.717, 1.165) is 40.3 Å². The third kappa shape index (κ3) is 5.06. The fourth-order valence-corrected chi connectivity index (χ4v) is 3.83. The molecule has 7 nitrogen and oxygen atoms in total. The van der Waals surface area contributed by atoms with Crippen molar-refractivity contribution < 1.29 is 9.47 Å². The minimum atomic E-state index is 0. The maximum atomic E-state index is 5.92. The van der Waals surface area contributed by atoms with Crippen LogP contribution in [0, 0.1) is 0 Å². The Morgan fingerprint density at radius 3 is 2.77 bits per heavy atom. The first-order valence-corrected chi connectivity index (χ1v) is 10.4. The van der Waals surface area contributed by atoms with Crippen LogP contribution in [0.25, 0.3) is 11.0 Å². The molecular formula is C23H30IN5O2. The Bertz CT molecular complexity index is 1080. The first-order valence-electron chi connectivity index (χ1n) is 10.4. The third-order valence-corrected chi connectivity index (χ3v) is 5.34. The highest BCUT2D eigenvalue weighted by atomic mass is 127. The van der Waals surface area contributed by atoms with Crippen LogP contribution in [0.5, 0.6) is 11.5 Å². The molecule has 0 spiro atoms. The summed E-state index contributed by atoms with van der Waals surface area (Å²) in [6, 6.07) is 12.3. The number of rotatable bonds is 6. The molecule has 8 heteroatoms. The van der Waals surface area contributed by atoms with Gasteiger partial charge in [0.15, 0.2) is 5.96 Å². The Hall–Kier alpha value is -2.49. The van der Waals surface area contributed by atoms with Crippen molar-refractivity contribution in [2.24, 2.45) is 12.0 Å². The number of aromatic nitrogens is 2. The molecule has 1 aliphatic heterocycles. The van der Waals surface area contributed by atoms with Gasteiger partial charge in [-0.2, -0.15) is 0 Å². The Morgan fingerprint density at radius 1 is 1.26 bits per heavy atom. The largest absolute Gasteiger partial charge is 0.494 e. The van der Waals surface area contributed by atoms with E-state index in [1.165, 1.54) is 5.56 Å². The van der Waals surface area contributed by atoms with Crippen LogP contribution in [-0.4, -0.2) is 35.3 Å². The maximum absolute atomic E-state index is 5.92. The van der Waals surface area contributed by atoms with Gasteiger partial charge in [-0.3, -0.25) is 4.99 Å². The summed E-state index contributed by atoms with van der Waals surface area (Å²) in [7, 11) is 3.80. The summed E-state index contributed by atoms with van der Waals surface area (Å²) in [6.45, 7) is 5.88. The molecule has 1 aliphatic rings. The molecule has 1 atom stereocenters. The lowest BCUT2D eigenvalue weighted by Crippen LogP contribution is -2.37. The average Bonchev–Trinajstić information content (AvgIpc) is 3.27. The number of imidazole rings is 1. The first kappa shape index (κ1) is 23.2. The molecule has 4 rings (SSSR count). The molecule has 2 heterocycles. The van der Waals surface area contributed by atoms with E-state index in [9.17, 15) is 0 Å². The Morgan fingerprint density at radius 2 is 2.03 bits per heavy atom. The van der Waals surface area contributed by atoms with Crippen molar-refractivity contribution in [1.29, 1.82) is 0 Å². The molecule has 0 radical (unpaired) electrons. The van der Waals surface area contributed by atoms with Gasteiger partial charge in [-0.25, -0.2) is 4.98 Å². The Kier molecular flexibility index (Phi) is 7.64. The van der Waals surface area contributed by atoms with E-state index in [4.69, 9.17) is 14.5 Å². The minimum Gasteiger partial charge on any atom is -0.494 e. The van der Waals surface area contributed by atoms with Crippen molar-refractivity contribution in [3.8, 4) is 11.5 Å². The normalized spacial score (nSPS) is 15.2. The number of halogens is 1. The number of benzene rings is 2. The van der Waals surface area contributed by atoms with Gasteiger partial charge in [0.2, 0.25) is 0 Å². The summed E-state index contributed by atoms with van der Waals surface area (Å²) in [4.78, 5) is 9.05. The highest BCUT2D eigenvalue weighted by Crippen LogP contribution is 2.35. The second kappa shape index (κ2) is 10.2. The van der Waals surface area contributed by atoms with Gasteiger partial charge in [0.05, 0.1) is 24.2 Å². The number of fused-ring (bicyclic) bond motifs is 2. The standard InChI is InChI=1S/C23H29N5O2.HI/c1-5-29-20-11-16-10-15(2)30-21(16)12-17(20)13-25-23(24-3)26-14-22-27-18-8-6-7-9-19(18)28(22)4;/h6-9,11-12,15H,5,10,13-14H2,1-4H3,(H2,24,25,26);1H. The maximum Gasteiger partial charge on any atom is 0.191 e. The van der Waals surface area contributed by atoms with Gasteiger partial charge in [-0.1, -0.05) is 12.1 Å². The number of para-hydroxylation sites is 2. The number of ether oxygens (including phenoxy) is 2. The van der Waals surface area contributed by atoms with Crippen LogP contribution in [0.15, 0.2) is 41.4 Å². The summed E-state index contributed by atoms with van der Waals surface area (Å²) in [5.74, 6) is 3.51. The van der Waals surface area contributed by atoms with E-state index in [2.05, 4.69) is 45.3 Å². The SMILES string of the molecule is CCOc1cc2c(cc1CNC(=NC)NCc1nc3ccccc3n1C)OC(C)C2.I. The second-order valence-electron chi connectivity index (χ2n) is 7.49. The molecule has 2 aromatic carbocycles. The molecule has 1 aromatic heterocycles. The zero-order chi connectivity index (χ0) is 21.1. The number of aryl methyl sites for hydroxylation is 1. The minimum absolute atomic E-state index is 0.